The van der Waals surface area contributed by atoms with Crippen LogP contribution in [-0.4, -0.2) is 68.5 Å². The van der Waals surface area contributed by atoms with E-state index in [0.717, 1.165) is 23.5 Å². The van der Waals surface area contributed by atoms with E-state index < -0.39 is 11.6 Å². The normalized spacial score (nSPS) is 23.1. The van der Waals surface area contributed by atoms with Gasteiger partial charge in [0.1, 0.15) is 5.39 Å². The number of aromatic amines is 1. The average molecular weight is 568 g/mol. The third kappa shape index (κ3) is 5.49. The number of esters is 1. The number of aryl methyl sites for hydroxylation is 1. The van der Waals surface area contributed by atoms with Crippen molar-refractivity contribution >= 4 is 46.0 Å². The van der Waals surface area contributed by atoms with Crippen molar-refractivity contribution in [2.75, 3.05) is 30.8 Å². The molecule has 2 aliphatic heterocycles. The SMILES string of the molecule is Cc1cc(Nc2nn(C3(C)CCC(C(=O)OCC(C)C)OC3)c3cc[nH]c(=O)c23)ccc1C(=O)N1CCSC1C. The maximum atomic E-state index is 13.1. The predicted octanol–water partition coefficient (Wildman–Crippen LogP) is 4.41. The Hall–Kier alpha value is -3.31. The Morgan fingerprint density at radius 2 is 2.12 bits per heavy atom. The number of benzene rings is 1. The average Bonchev–Trinajstić information content (AvgIpc) is 3.52. The van der Waals surface area contributed by atoms with Crippen molar-refractivity contribution in [1.82, 2.24) is 19.7 Å². The molecule has 3 atom stereocenters. The van der Waals surface area contributed by atoms with Crippen LogP contribution in [0, 0.1) is 12.8 Å². The number of nitrogens with one attached hydrogen (secondary N) is 2. The molecule has 1 amide bonds. The maximum absolute atomic E-state index is 13.1. The number of thioether (sulfide) groups is 1. The second kappa shape index (κ2) is 11.3. The molecule has 2 fully saturated rings. The van der Waals surface area contributed by atoms with Crippen LogP contribution in [0.15, 0.2) is 35.3 Å². The maximum Gasteiger partial charge on any atom is 0.335 e. The number of ether oxygens (including phenoxy) is 2. The molecule has 10 nitrogen and oxygen atoms in total. The van der Waals surface area contributed by atoms with E-state index in [1.54, 1.807) is 18.0 Å². The number of hydrogen-bond acceptors (Lipinski definition) is 8. The first-order valence-electron chi connectivity index (χ1n) is 13.8. The van der Waals surface area contributed by atoms with E-state index in [-0.39, 0.29) is 35.3 Å². The van der Waals surface area contributed by atoms with E-state index >= 15 is 0 Å². The molecule has 2 aliphatic rings. The summed E-state index contributed by atoms with van der Waals surface area (Å²) in [5, 5.41) is 8.75. The molecule has 5 rings (SSSR count). The van der Waals surface area contributed by atoms with Gasteiger partial charge in [0.05, 0.1) is 29.6 Å². The zero-order valence-electron chi connectivity index (χ0n) is 23.7. The number of carbonyl (C=O) groups excluding carboxylic acids is 2. The fourth-order valence-corrected chi connectivity index (χ4v) is 6.31. The molecular formula is C29H37N5O5S. The monoisotopic (exact) mass is 567 g/mol. The standard InChI is InChI=1S/C29H37N5O5S/c1-17(2)15-38-28(37)23-8-10-29(5,16-39-23)34-22-9-11-30-26(35)24(22)25(32-34)31-20-6-7-21(18(3)14-20)27(36)33-12-13-40-19(33)4/h6-7,9,11,14,17,19,23H,8,10,12-13,15-16H2,1-5H3,(H,30,35)(H,31,32). The topological polar surface area (TPSA) is 119 Å². The number of nitrogens with zero attached hydrogens (tertiary/aromatic N) is 3. The molecule has 0 radical (unpaired) electrons. The smallest absolute Gasteiger partial charge is 0.335 e. The fourth-order valence-electron chi connectivity index (χ4n) is 5.28. The second-order valence-corrected chi connectivity index (χ2v) is 12.7. The number of amides is 1. The van der Waals surface area contributed by atoms with Gasteiger partial charge in [0.25, 0.3) is 11.5 Å². The third-order valence-corrected chi connectivity index (χ3v) is 8.74. The van der Waals surface area contributed by atoms with Gasteiger partial charge in [0.2, 0.25) is 0 Å². The van der Waals surface area contributed by atoms with Gasteiger partial charge in [0, 0.05) is 29.7 Å². The first kappa shape index (κ1) is 28.2. The molecule has 0 saturated carbocycles. The Balaban J connectivity index is 1.38. The van der Waals surface area contributed by atoms with Gasteiger partial charge in [-0.3, -0.25) is 14.3 Å². The molecule has 0 bridgehead atoms. The van der Waals surface area contributed by atoms with Crippen LogP contribution in [0.1, 0.15) is 56.5 Å². The lowest BCUT2D eigenvalue weighted by Gasteiger charge is -2.37. The van der Waals surface area contributed by atoms with Crippen molar-refractivity contribution in [2.24, 2.45) is 5.92 Å². The predicted molar refractivity (Wildman–Crippen MR) is 156 cm³/mol. The van der Waals surface area contributed by atoms with Crippen LogP contribution in [0.2, 0.25) is 0 Å². The highest BCUT2D eigenvalue weighted by molar-refractivity contribution is 8.00. The lowest BCUT2D eigenvalue weighted by Crippen LogP contribution is -2.45. The highest BCUT2D eigenvalue weighted by Crippen LogP contribution is 2.35. The van der Waals surface area contributed by atoms with Crippen LogP contribution in [0.25, 0.3) is 10.9 Å². The first-order chi connectivity index (χ1) is 19.1. The van der Waals surface area contributed by atoms with Gasteiger partial charge in [0.15, 0.2) is 11.9 Å². The summed E-state index contributed by atoms with van der Waals surface area (Å²) in [6.45, 7) is 11.3. The van der Waals surface area contributed by atoms with E-state index in [0.29, 0.717) is 41.7 Å². The molecule has 214 valence electrons. The molecule has 3 aromatic rings. The van der Waals surface area contributed by atoms with Crippen LogP contribution in [0.3, 0.4) is 0 Å². The quantitative estimate of drug-likeness (QED) is 0.403. The lowest BCUT2D eigenvalue weighted by atomic mass is 9.92. The van der Waals surface area contributed by atoms with Gasteiger partial charge in [-0.15, -0.1) is 11.8 Å². The van der Waals surface area contributed by atoms with Gasteiger partial charge in [-0.2, -0.15) is 5.10 Å². The highest BCUT2D eigenvalue weighted by Gasteiger charge is 2.39. The van der Waals surface area contributed by atoms with Crippen molar-refractivity contribution in [1.29, 1.82) is 0 Å². The highest BCUT2D eigenvalue weighted by atomic mass is 32.2. The molecule has 2 aromatic heterocycles. The molecular weight excluding hydrogens is 530 g/mol. The Kier molecular flexibility index (Phi) is 7.96. The summed E-state index contributed by atoms with van der Waals surface area (Å²) in [4.78, 5) is 43.2. The van der Waals surface area contributed by atoms with E-state index in [9.17, 15) is 14.4 Å². The van der Waals surface area contributed by atoms with Crippen molar-refractivity contribution in [3.63, 3.8) is 0 Å². The fraction of sp³-hybridized carbons (Fsp3) is 0.517. The van der Waals surface area contributed by atoms with E-state index in [4.69, 9.17) is 14.6 Å². The Labute approximate surface area is 237 Å². The summed E-state index contributed by atoms with van der Waals surface area (Å²) in [6, 6.07) is 7.40. The van der Waals surface area contributed by atoms with Crippen LogP contribution in [0.5, 0.6) is 0 Å². The number of anilines is 2. The number of carbonyl (C=O) groups is 2. The van der Waals surface area contributed by atoms with Crippen molar-refractivity contribution < 1.29 is 19.1 Å². The van der Waals surface area contributed by atoms with Crippen LogP contribution < -0.4 is 10.9 Å². The largest absolute Gasteiger partial charge is 0.463 e. The van der Waals surface area contributed by atoms with Gasteiger partial charge < -0.3 is 24.7 Å². The van der Waals surface area contributed by atoms with Gasteiger partial charge in [-0.25, -0.2) is 4.79 Å². The number of hydrogen-bond donors (Lipinski definition) is 2. The van der Waals surface area contributed by atoms with Crippen molar-refractivity contribution in [3.05, 3.63) is 51.9 Å². The summed E-state index contributed by atoms with van der Waals surface area (Å²) >= 11 is 1.78. The van der Waals surface area contributed by atoms with E-state index in [1.807, 2.05) is 61.5 Å². The Morgan fingerprint density at radius 1 is 1.32 bits per heavy atom. The van der Waals surface area contributed by atoms with Gasteiger partial charge in [-0.05, 0) is 69.4 Å². The van der Waals surface area contributed by atoms with E-state index in [1.165, 1.54) is 0 Å². The minimum atomic E-state index is -0.610. The summed E-state index contributed by atoms with van der Waals surface area (Å²) in [5.74, 6) is 1.31. The molecule has 1 aromatic carbocycles. The second-order valence-electron chi connectivity index (χ2n) is 11.3. The summed E-state index contributed by atoms with van der Waals surface area (Å²) in [6.07, 6.45) is 2.11. The zero-order chi connectivity index (χ0) is 28.6. The number of rotatable bonds is 7. The lowest BCUT2D eigenvalue weighted by molar-refractivity contribution is -0.165. The van der Waals surface area contributed by atoms with E-state index in [2.05, 4.69) is 17.2 Å². The summed E-state index contributed by atoms with van der Waals surface area (Å²) < 4.78 is 13.2. The number of H-pyrrole nitrogens is 1. The number of aromatic nitrogens is 3. The molecule has 4 heterocycles. The Bertz CT molecular complexity index is 1470. The molecule has 0 aliphatic carbocycles. The molecule has 2 saturated heterocycles. The first-order valence-corrected chi connectivity index (χ1v) is 14.8. The zero-order valence-corrected chi connectivity index (χ0v) is 24.5. The van der Waals surface area contributed by atoms with Crippen LogP contribution >= 0.6 is 11.8 Å². The van der Waals surface area contributed by atoms with Gasteiger partial charge >= 0.3 is 5.97 Å². The van der Waals surface area contributed by atoms with Crippen LogP contribution in [-0.2, 0) is 19.8 Å². The molecule has 11 heteroatoms. The summed E-state index contributed by atoms with van der Waals surface area (Å²) in [5.41, 5.74) is 2.08. The third-order valence-electron chi connectivity index (χ3n) is 7.59. The molecule has 2 N–H and O–H groups in total. The number of fused-ring (bicyclic) bond motifs is 1. The summed E-state index contributed by atoms with van der Waals surface area (Å²) in [7, 11) is 0. The Morgan fingerprint density at radius 3 is 2.77 bits per heavy atom. The molecule has 0 spiro atoms. The minimum Gasteiger partial charge on any atom is -0.463 e. The van der Waals surface area contributed by atoms with Crippen molar-refractivity contribution in [2.45, 2.75) is 64.5 Å². The van der Waals surface area contributed by atoms with Gasteiger partial charge in [-0.1, -0.05) is 13.8 Å². The van der Waals surface area contributed by atoms with Crippen LogP contribution in [0.4, 0.5) is 11.5 Å². The molecule has 3 unspecified atom stereocenters. The van der Waals surface area contributed by atoms with Crippen molar-refractivity contribution in [3.8, 4) is 0 Å². The minimum absolute atomic E-state index is 0.0318. The number of pyridine rings is 1. The molecule has 40 heavy (non-hydrogen) atoms.